The molecule has 1 aromatic carbocycles. The molecule has 7 heteroatoms. The summed E-state index contributed by atoms with van der Waals surface area (Å²) in [5, 5.41) is 14.4. The summed E-state index contributed by atoms with van der Waals surface area (Å²) in [5.74, 6) is 0.701. The molecule has 3 aromatic heterocycles. The Labute approximate surface area is 168 Å². The lowest BCUT2D eigenvalue weighted by Gasteiger charge is -2.10. The molecule has 134 valence electrons. The van der Waals surface area contributed by atoms with Gasteiger partial charge in [-0.1, -0.05) is 30.0 Å². The van der Waals surface area contributed by atoms with Crippen LogP contribution in [-0.2, 0) is 12.3 Å². The number of rotatable bonds is 5. The van der Waals surface area contributed by atoms with Crippen molar-refractivity contribution in [3.63, 3.8) is 0 Å². The lowest BCUT2D eigenvalue weighted by Crippen LogP contribution is -2.22. The highest BCUT2D eigenvalue weighted by Crippen LogP contribution is 2.34. The Hall–Kier alpha value is -2.40. The third-order valence-corrected chi connectivity index (χ3v) is 7.04. The Morgan fingerprint density at radius 1 is 1.22 bits per heavy atom. The zero-order valence-corrected chi connectivity index (χ0v) is 17.0. The van der Waals surface area contributed by atoms with Gasteiger partial charge in [0.15, 0.2) is 5.16 Å². The largest absolute Gasteiger partial charge is 0.287 e. The number of hydrogen-bond donors (Lipinski definition) is 0. The Balaban J connectivity index is 1.71. The van der Waals surface area contributed by atoms with Crippen LogP contribution in [0.1, 0.15) is 18.1 Å². The monoisotopic (exact) mass is 409 g/mol. The predicted molar refractivity (Wildman–Crippen MR) is 114 cm³/mol. The summed E-state index contributed by atoms with van der Waals surface area (Å²) in [6.45, 7) is 2.55. The highest BCUT2D eigenvalue weighted by molar-refractivity contribution is 7.98. The van der Waals surface area contributed by atoms with E-state index >= 15 is 0 Å². The van der Waals surface area contributed by atoms with Crippen LogP contribution in [0.4, 0.5) is 0 Å². The maximum Gasteiger partial charge on any atom is 0.263 e. The summed E-state index contributed by atoms with van der Waals surface area (Å²) in [7, 11) is 0. The van der Waals surface area contributed by atoms with E-state index < -0.39 is 0 Å². The third kappa shape index (κ3) is 3.44. The molecule has 4 nitrogen and oxygen atoms in total. The minimum Gasteiger partial charge on any atom is -0.287 e. The van der Waals surface area contributed by atoms with E-state index in [4.69, 9.17) is 10.2 Å². The molecule has 0 bridgehead atoms. The van der Waals surface area contributed by atoms with E-state index in [-0.39, 0.29) is 5.56 Å². The number of benzene rings is 1. The molecule has 0 unspecified atom stereocenters. The molecule has 0 saturated carbocycles. The second-order valence-electron chi connectivity index (χ2n) is 5.85. The average molecular weight is 410 g/mol. The molecule has 0 radical (unpaired) electrons. The van der Waals surface area contributed by atoms with Crippen LogP contribution in [0, 0.1) is 11.3 Å². The molecule has 0 spiro atoms. The van der Waals surface area contributed by atoms with Crippen LogP contribution in [0.15, 0.2) is 57.1 Å². The maximum absolute atomic E-state index is 13.1. The van der Waals surface area contributed by atoms with Crippen LogP contribution in [0.2, 0.25) is 0 Å². The lowest BCUT2D eigenvalue weighted by atomic mass is 10.2. The van der Waals surface area contributed by atoms with Crippen molar-refractivity contribution in [3.8, 4) is 16.5 Å². The zero-order valence-electron chi connectivity index (χ0n) is 14.5. The van der Waals surface area contributed by atoms with Crippen molar-refractivity contribution in [1.29, 1.82) is 5.26 Å². The van der Waals surface area contributed by atoms with Crippen LogP contribution in [0.3, 0.4) is 0 Å². The van der Waals surface area contributed by atoms with Crippen LogP contribution in [0.5, 0.6) is 0 Å². The number of thiophene rings is 2. The second kappa shape index (κ2) is 7.69. The molecule has 4 aromatic rings. The van der Waals surface area contributed by atoms with Crippen molar-refractivity contribution in [2.75, 3.05) is 0 Å². The number of thioether (sulfide) groups is 1. The van der Waals surface area contributed by atoms with Gasteiger partial charge in [0, 0.05) is 28.1 Å². The molecular weight excluding hydrogens is 394 g/mol. The molecule has 0 N–H and O–H groups in total. The Bertz CT molecular complexity index is 1180. The number of fused-ring (bicyclic) bond motifs is 1. The SMILES string of the molecule is CCn1c(SCc2ccc(C#N)cc2)nc2scc(-c3cccs3)c2c1=O. The fraction of sp³-hybridized carbons (Fsp3) is 0.150. The molecule has 0 atom stereocenters. The average Bonchev–Trinajstić information content (AvgIpc) is 3.36. The van der Waals surface area contributed by atoms with E-state index in [0.29, 0.717) is 23.2 Å². The van der Waals surface area contributed by atoms with Crippen molar-refractivity contribution in [1.82, 2.24) is 9.55 Å². The van der Waals surface area contributed by atoms with E-state index in [2.05, 4.69) is 6.07 Å². The first kappa shape index (κ1) is 18.0. The van der Waals surface area contributed by atoms with E-state index in [0.717, 1.165) is 26.0 Å². The summed E-state index contributed by atoms with van der Waals surface area (Å²) in [6.07, 6.45) is 0. The van der Waals surface area contributed by atoms with E-state index in [1.54, 1.807) is 27.7 Å². The first-order chi connectivity index (χ1) is 13.2. The first-order valence-electron chi connectivity index (χ1n) is 8.39. The van der Waals surface area contributed by atoms with Gasteiger partial charge in [-0.05, 0) is 36.1 Å². The molecule has 0 fully saturated rings. The van der Waals surface area contributed by atoms with Gasteiger partial charge in [0.2, 0.25) is 0 Å². The van der Waals surface area contributed by atoms with Gasteiger partial charge in [-0.25, -0.2) is 4.98 Å². The summed E-state index contributed by atoms with van der Waals surface area (Å²) in [4.78, 5) is 19.8. The Kier molecular flexibility index (Phi) is 5.12. The summed E-state index contributed by atoms with van der Waals surface area (Å²) in [6, 6.07) is 13.7. The Morgan fingerprint density at radius 2 is 2.04 bits per heavy atom. The fourth-order valence-electron chi connectivity index (χ4n) is 2.83. The van der Waals surface area contributed by atoms with Crippen LogP contribution in [0.25, 0.3) is 20.7 Å². The maximum atomic E-state index is 13.1. The molecule has 0 aliphatic heterocycles. The molecule has 4 rings (SSSR count). The van der Waals surface area contributed by atoms with Crippen molar-refractivity contribution in [2.45, 2.75) is 24.4 Å². The minimum atomic E-state index is 0.0227. The van der Waals surface area contributed by atoms with Crippen molar-refractivity contribution < 1.29 is 0 Å². The van der Waals surface area contributed by atoms with Crippen molar-refractivity contribution in [3.05, 3.63) is 68.6 Å². The van der Waals surface area contributed by atoms with Gasteiger partial charge >= 0.3 is 0 Å². The normalized spacial score (nSPS) is 11.0. The molecule has 27 heavy (non-hydrogen) atoms. The molecule has 0 saturated heterocycles. The standard InChI is InChI=1S/C20H15N3OS3/c1-2-23-19(24)17-15(16-4-3-9-25-16)12-26-18(17)22-20(23)27-11-14-7-5-13(10-21)6-8-14/h3-9,12H,2,11H2,1H3. The third-order valence-electron chi connectivity index (χ3n) is 4.21. The number of aromatic nitrogens is 2. The number of nitrogens with zero attached hydrogens (tertiary/aromatic N) is 3. The zero-order chi connectivity index (χ0) is 18.8. The molecule has 3 heterocycles. The summed E-state index contributed by atoms with van der Waals surface area (Å²) >= 11 is 4.71. The predicted octanol–water partition coefficient (Wildman–Crippen LogP) is 5.37. The van der Waals surface area contributed by atoms with E-state index in [1.165, 1.54) is 11.3 Å². The number of nitriles is 1. The number of hydrogen-bond acceptors (Lipinski definition) is 6. The van der Waals surface area contributed by atoms with Gasteiger partial charge < -0.3 is 0 Å². The summed E-state index contributed by atoms with van der Waals surface area (Å²) in [5.41, 5.74) is 2.75. The minimum absolute atomic E-state index is 0.0227. The van der Waals surface area contributed by atoms with Crippen molar-refractivity contribution >= 4 is 44.7 Å². The van der Waals surface area contributed by atoms with Gasteiger partial charge in [0.1, 0.15) is 4.83 Å². The highest BCUT2D eigenvalue weighted by atomic mass is 32.2. The fourth-order valence-corrected chi connectivity index (χ4v) is 5.65. The topological polar surface area (TPSA) is 58.7 Å². The molecule has 0 aliphatic carbocycles. The quantitative estimate of drug-likeness (QED) is 0.328. The first-order valence-corrected chi connectivity index (χ1v) is 11.1. The van der Waals surface area contributed by atoms with Crippen LogP contribution >= 0.6 is 34.4 Å². The second-order valence-corrected chi connectivity index (χ2v) is 8.60. The smallest absolute Gasteiger partial charge is 0.263 e. The van der Waals surface area contributed by atoms with Crippen LogP contribution < -0.4 is 5.56 Å². The van der Waals surface area contributed by atoms with Gasteiger partial charge in [0.05, 0.1) is 17.0 Å². The van der Waals surface area contributed by atoms with E-state index in [9.17, 15) is 4.79 Å². The van der Waals surface area contributed by atoms with E-state index in [1.807, 2.05) is 54.1 Å². The highest BCUT2D eigenvalue weighted by Gasteiger charge is 2.17. The van der Waals surface area contributed by atoms with Gasteiger partial charge in [-0.2, -0.15) is 5.26 Å². The van der Waals surface area contributed by atoms with Gasteiger partial charge in [0.25, 0.3) is 5.56 Å². The molecule has 0 aliphatic rings. The summed E-state index contributed by atoms with van der Waals surface area (Å²) < 4.78 is 1.75. The lowest BCUT2D eigenvalue weighted by molar-refractivity contribution is 0.635. The Morgan fingerprint density at radius 3 is 2.70 bits per heavy atom. The molecule has 0 amide bonds. The van der Waals surface area contributed by atoms with Gasteiger partial charge in [-0.15, -0.1) is 22.7 Å². The van der Waals surface area contributed by atoms with Gasteiger partial charge in [-0.3, -0.25) is 9.36 Å². The molecular formula is C20H15N3OS3. The van der Waals surface area contributed by atoms with Crippen LogP contribution in [-0.4, -0.2) is 9.55 Å². The van der Waals surface area contributed by atoms with Crippen molar-refractivity contribution in [2.24, 2.45) is 0 Å².